The van der Waals surface area contributed by atoms with Crippen molar-refractivity contribution in [2.75, 3.05) is 30.9 Å². The van der Waals surface area contributed by atoms with E-state index in [-0.39, 0.29) is 12.5 Å². The molecule has 2 aromatic rings. The molecule has 5 nitrogen and oxygen atoms in total. The van der Waals surface area contributed by atoms with Crippen LogP contribution in [0, 0.1) is 5.92 Å². The molecule has 2 aromatic carbocycles. The van der Waals surface area contributed by atoms with Gasteiger partial charge in [-0.2, -0.15) is 0 Å². The standard InChI is InChI=1S/C20H26N2O3/c1-15(2)12-13-21-16-8-10-17(11-9-16)22-20(23)14-25-19-7-5-4-6-18(19)24-3/h4-11,15,21H,12-14H2,1-3H3,(H,22,23). The minimum atomic E-state index is -0.216. The maximum absolute atomic E-state index is 12.0. The number of amides is 1. The lowest BCUT2D eigenvalue weighted by Crippen LogP contribution is -2.20. The quantitative estimate of drug-likeness (QED) is 0.718. The summed E-state index contributed by atoms with van der Waals surface area (Å²) >= 11 is 0. The number of carbonyl (C=O) groups is 1. The van der Waals surface area contributed by atoms with Crippen LogP contribution in [0.5, 0.6) is 11.5 Å². The fourth-order valence-corrected chi connectivity index (χ4v) is 2.26. The minimum absolute atomic E-state index is 0.0746. The van der Waals surface area contributed by atoms with Gasteiger partial charge in [0.15, 0.2) is 18.1 Å². The predicted molar refractivity (Wildman–Crippen MR) is 102 cm³/mol. The number of anilines is 2. The average Bonchev–Trinajstić information content (AvgIpc) is 2.61. The molecule has 0 aliphatic rings. The van der Waals surface area contributed by atoms with Crippen LogP contribution in [0.4, 0.5) is 11.4 Å². The molecule has 0 aliphatic carbocycles. The van der Waals surface area contributed by atoms with Gasteiger partial charge in [0.05, 0.1) is 7.11 Å². The van der Waals surface area contributed by atoms with Crippen LogP contribution < -0.4 is 20.1 Å². The number of ether oxygens (including phenoxy) is 2. The van der Waals surface area contributed by atoms with Gasteiger partial charge in [-0.05, 0) is 48.7 Å². The number of benzene rings is 2. The molecule has 0 saturated carbocycles. The number of methoxy groups -OCH3 is 1. The summed E-state index contributed by atoms with van der Waals surface area (Å²) in [6.45, 7) is 5.27. The Labute approximate surface area is 149 Å². The van der Waals surface area contributed by atoms with Crippen LogP contribution in [0.2, 0.25) is 0 Å². The third-order valence-corrected chi connectivity index (χ3v) is 3.65. The molecule has 0 atom stereocenters. The topological polar surface area (TPSA) is 59.6 Å². The van der Waals surface area contributed by atoms with Gasteiger partial charge in [-0.1, -0.05) is 26.0 Å². The van der Waals surface area contributed by atoms with E-state index in [1.54, 1.807) is 19.2 Å². The third-order valence-electron chi connectivity index (χ3n) is 3.65. The fourth-order valence-electron chi connectivity index (χ4n) is 2.26. The molecule has 5 heteroatoms. The molecule has 134 valence electrons. The van der Waals surface area contributed by atoms with Gasteiger partial charge in [-0.15, -0.1) is 0 Å². The number of hydrogen-bond acceptors (Lipinski definition) is 4. The van der Waals surface area contributed by atoms with E-state index in [2.05, 4.69) is 24.5 Å². The van der Waals surface area contributed by atoms with Crippen LogP contribution in [0.1, 0.15) is 20.3 Å². The SMILES string of the molecule is COc1ccccc1OCC(=O)Nc1ccc(NCCC(C)C)cc1. The molecule has 0 saturated heterocycles. The Morgan fingerprint density at radius 2 is 1.64 bits per heavy atom. The molecular weight excluding hydrogens is 316 g/mol. The van der Waals surface area contributed by atoms with Crippen molar-refractivity contribution in [3.8, 4) is 11.5 Å². The van der Waals surface area contributed by atoms with Crippen molar-refractivity contribution in [2.45, 2.75) is 20.3 Å². The van der Waals surface area contributed by atoms with Crippen molar-refractivity contribution in [2.24, 2.45) is 5.92 Å². The summed E-state index contributed by atoms with van der Waals surface area (Å²) in [4.78, 5) is 12.0. The molecule has 2 N–H and O–H groups in total. The zero-order valence-electron chi connectivity index (χ0n) is 15.0. The lowest BCUT2D eigenvalue weighted by Gasteiger charge is -2.11. The second kappa shape index (κ2) is 9.57. The summed E-state index contributed by atoms with van der Waals surface area (Å²) in [5.41, 5.74) is 1.78. The fraction of sp³-hybridized carbons (Fsp3) is 0.350. The van der Waals surface area contributed by atoms with E-state index in [9.17, 15) is 4.79 Å². The molecule has 0 heterocycles. The number of nitrogens with one attached hydrogen (secondary N) is 2. The molecule has 0 aliphatic heterocycles. The number of carbonyl (C=O) groups excluding carboxylic acids is 1. The van der Waals surface area contributed by atoms with Crippen LogP contribution in [-0.4, -0.2) is 26.2 Å². The zero-order chi connectivity index (χ0) is 18.1. The summed E-state index contributed by atoms with van der Waals surface area (Å²) in [7, 11) is 1.57. The first-order valence-corrected chi connectivity index (χ1v) is 8.48. The van der Waals surface area contributed by atoms with E-state index >= 15 is 0 Å². The molecule has 0 radical (unpaired) electrons. The largest absolute Gasteiger partial charge is 0.493 e. The normalized spacial score (nSPS) is 10.4. The number of para-hydroxylation sites is 2. The van der Waals surface area contributed by atoms with Crippen molar-refractivity contribution in [3.63, 3.8) is 0 Å². The van der Waals surface area contributed by atoms with Crippen molar-refractivity contribution in [1.29, 1.82) is 0 Å². The predicted octanol–water partition coefficient (Wildman–Crippen LogP) is 4.17. The molecule has 2 rings (SSSR count). The summed E-state index contributed by atoms with van der Waals surface area (Å²) in [6.07, 6.45) is 1.12. The van der Waals surface area contributed by atoms with Gasteiger partial charge >= 0.3 is 0 Å². The summed E-state index contributed by atoms with van der Waals surface area (Å²) < 4.78 is 10.7. The molecule has 0 spiro atoms. The summed E-state index contributed by atoms with van der Waals surface area (Å²) in [6, 6.07) is 14.9. The average molecular weight is 342 g/mol. The molecule has 1 amide bonds. The molecule has 0 bridgehead atoms. The highest BCUT2D eigenvalue weighted by Crippen LogP contribution is 2.25. The molecule has 0 unspecified atom stereocenters. The maximum Gasteiger partial charge on any atom is 0.262 e. The van der Waals surface area contributed by atoms with E-state index in [1.165, 1.54) is 0 Å². The Morgan fingerprint density at radius 3 is 2.28 bits per heavy atom. The van der Waals surface area contributed by atoms with Crippen LogP contribution in [0.25, 0.3) is 0 Å². The molecule has 0 aromatic heterocycles. The lowest BCUT2D eigenvalue weighted by atomic mass is 10.1. The zero-order valence-corrected chi connectivity index (χ0v) is 15.0. The van der Waals surface area contributed by atoms with Gasteiger partial charge in [-0.3, -0.25) is 4.79 Å². The van der Waals surface area contributed by atoms with Crippen molar-refractivity contribution in [1.82, 2.24) is 0 Å². The second-order valence-electron chi connectivity index (χ2n) is 6.17. The van der Waals surface area contributed by atoms with Gasteiger partial charge in [0.1, 0.15) is 0 Å². The van der Waals surface area contributed by atoms with E-state index < -0.39 is 0 Å². The van der Waals surface area contributed by atoms with E-state index in [1.807, 2.05) is 36.4 Å². The summed E-state index contributed by atoms with van der Waals surface area (Å²) in [5, 5.41) is 6.18. The minimum Gasteiger partial charge on any atom is -0.493 e. The van der Waals surface area contributed by atoms with Crippen molar-refractivity contribution < 1.29 is 14.3 Å². The monoisotopic (exact) mass is 342 g/mol. The van der Waals surface area contributed by atoms with Crippen LogP contribution in [0.15, 0.2) is 48.5 Å². The Morgan fingerprint density at radius 1 is 1.00 bits per heavy atom. The van der Waals surface area contributed by atoms with E-state index in [0.717, 1.165) is 24.3 Å². The third kappa shape index (κ3) is 6.37. The second-order valence-corrected chi connectivity index (χ2v) is 6.17. The van der Waals surface area contributed by atoms with Gasteiger partial charge < -0.3 is 20.1 Å². The Bertz CT molecular complexity index is 669. The highest BCUT2D eigenvalue weighted by atomic mass is 16.5. The Hall–Kier alpha value is -2.69. The van der Waals surface area contributed by atoms with Crippen molar-refractivity contribution >= 4 is 17.3 Å². The van der Waals surface area contributed by atoms with Gasteiger partial charge in [-0.25, -0.2) is 0 Å². The smallest absolute Gasteiger partial charge is 0.262 e. The summed E-state index contributed by atoms with van der Waals surface area (Å²) in [5.74, 6) is 1.61. The first-order chi connectivity index (χ1) is 12.1. The number of rotatable bonds is 9. The molecular formula is C20H26N2O3. The van der Waals surface area contributed by atoms with Crippen LogP contribution in [-0.2, 0) is 4.79 Å². The number of hydrogen-bond donors (Lipinski definition) is 2. The van der Waals surface area contributed by atoms with Gasteiger partial charge in [0.2, 0.25) is 0 Å². The van der Waals surface area contributed by atoms with E-state index in [0.29, 0.717) is 17.4 Å². The van der Waals surface area contributed by atoms with Crippen molar-refractivity contribution in [3.05, 3.63) is 48.5 Å². The maximum atomic E-state index is 12.0. The molecule has 0 fully saturated rings. The first kappa shape index (κ1) is 18.6. The van der Waals surface area contributed by atoms with Gasteiger partial charge in [0.25, 0.3) is 5.91 Å². The first-order valence-electron chi connectivity index (χ1n) is 8.48. The van der Waals surface area contributed by atoms with Crippen LogP contribution >= 0.6 is 0 Å². The Balaban J connectivity index is 1.80. The highest BCUT2D eigenvalue weighted by molar-refractivity contribution is 5.92. The highest BCUT2D eigenvalue weighted by Gasteiger charge is 2.07. The lowest BCUT2D eigenvalue weighted by molar-refractivity contribution is -0.118. The Kier molecular flexibility index (Phi) is 7.14. The van der Waals surface area contributed by atoms with E-state index in [4.69, 9.17) is 9.47 Å². The van der Waals surface area contributed by atoms with Crippen LogP contribution in [0.3, 0.4) is 0 Å². The molecule has 25 heavy (non-hydrogen) atoms. The van der Waals surface area contributed by atoms with Gasteiger partial charge in [0, 0.05) is 17.9 Å².